The van der Waals surface area contributed by atoms with E-state index in [9.17, 15) is 4.79 Å². The first kappa shape index (κ1) is 15.6. The minimum Gasteiger partial charge on any atom is -0.478 e. The monoisotopic (exact) mass is 348 g/mol. The largest absolute Gasteiger partial charge is 0.478 e. The van der Waals surface area contributed by atoms with Crippen molar-refractivity contribution < 1.29 is 14.6 Å². The normalized spacial score (nSPS) is 10.7. The molecule has 2 rings (SSSR count). The van der Waals surface area contributed by atoms with E-state index in [0.717, 1.165) is 15.8 Å². The van der Waals surface area contributed by atoms with Gasteiger partial charge in [-0.2, -0.15) is 0 Å². The quantitative estimate of drug-likeness (QED) is 0.807. The maximum Gasteiger partial charge on any atom is 0.335 e. The van der Waals surface area contributed by atoms with Gasteiger partial charge < -0.3 is 9.84 Å². The van der Waals surface area contributed by atoms with Gasteiger partial charge in [0.25, 0.3) is 0 Å². The van der Waals surface area contributed by atoms with Crippen LogP contribution in [0.3, 0.4) is 0 Å². The van der Waals surface area contributed by atoms with Crippen molar-refractivity contribution in [2.24, 2.45) is 0 Å². The Kier molecular flexibility index (Phi) is 4.68. The van der Waals surface area contributed by atoms with Gasteiger partial charge >= 0.3 is 5.97 Å². The Morgan fingerprint density at radius 1 is 1.19 bits per heavy atom. The summed E-state index contributed by atoms with van der Waals surface area (Å²) in [6.45, 7) is 5.97. The van der Waals surface area contributed by atoms with Crippen molar-refractivity contribution in [3.05, 3.63) is 57.6 Å². The third kappa shape index (κ3) is 3.64. The summed E-state index contributed by atoms with van der Waals surface area (Å²) in [5.74, 6) is 0.833. The maximum atomic E-state index is 11.0. The number of halogens is 1. The summed E-state index contributed by atoms with van der Waals surface area (Å²) in [4.78, 5) is 11.0. The number of carbonyl (C=O) groups is 1. The number of aromatic carboxylic acids is 1. The number of carboxylic acid groups (broad SMARTS) is 1. The highest BCUT2D eigenvalue weighted by molar-refractivity contribution is 9.10. The molecule has 0 aliphatic carbocycles. The molecule has 1 N–H and O–H groups in total. The van der Waals surface area contributed by atoms with Gasteiger partial charge in [-0.25, -0.2) is 4.79 Å². The van der Waals surface area contributed by atoms with Gasteiger partial charge in [0, 0.05) is 4.47 Å². The molecular weight excluding hydrogens is 332 g/mol. The molecule has 0 saturated heterocycles. The molecule has 21 heavy (non-hydrogen) atoms. The van der Waals surface area contributed by atoms with Crippen molar-refractivity contribution in [1.82, 2.24) is 0 Å². The van der Waals surface area contributed by atoms with Crippen LogP contribution in [-0.4, -0.2) is 11.1 Å². The summed E-state index contributed by atoms with van der Waals surface area (Å²) in [6, 6.07) is 10.9. The Hall–Kier alpha value is -1.81. The van der Waals surface area contributed by atoms with E-state index in [1.165, 1.54) is 0 Å². The second kappa shape index (κ2) is 6.31. The zero-order valence-corrected chi connectivity index (χ0v) is 13.8. The second-order valence-electron chi connectivity index (χ2n) is 5.22. The van der Waals surface area contributed by atoms with Gasteiger partial charge in [-0.1, -0.05) is 29.8 Å². The number of hydrogen-bond acceptors (Lipinski definition) is 2. The average Bonchev–Trinajstić information content (AvgIpc) is 2.40. The van der Waals surface area contributed by atoms with Crippen LogP contribution in [0.2, 0.25) is 0 Å². The number of aryl methyl sites for hydroxylation is 1. The van der Waals surface area contributed by atoms with E-state index < -0.39 is 5.97 Å². The van der Waals surface area contributed by atoms with Gasteiger partial charge in [0.2, 0.25) is 0 Å². The molecule has 0 unspecified atom stereocenters. The molecule has 0 amide bonds. The topological polar surface area (TPSA) is 46.5 Å². The first-order valence-electron chi connectivity index (χ1n) is 6.69. The molecule has 0 aliphatic rings. The fourth-order valence-electron chi connectivity index (χ4n) is 2.13. The lowest BCUT2D eigenvalue weighted by Gasteiger charge is -2.15. The Morgan fingerprint density at radius 2 is 1.90 bits per heavy atom. The molecule has 2 aromatic rings. The van der Waals surface area contributed by atoms with Crippen LogP contribution in [0, 0.1) is 6.92 Å². The lowest BCUT2D eigenvalue weighted by atomic mass is 10.0. The van der Waals surface area contributed by atoms with Crippen LogP contribution in [0.4, 0.5) is 0 Å². The van der Waals surface area contributed by atoms with Gasteiger partial charge in [0.05, 0.1) is 5.56 Å². The van der Waals surface area contributed by atoms with Crippen molar-refractivity contribution in [3.8, 4) is 11.5 Å². The van der Waals surface area contributed by atoms with Gasteiger partial charge in [0.1, 0.15) is 11.5 Å². The van der Waals surface area contributed by atoms with Gasteiger partial charge in [-0.15, -0.1) is 0 Å². The predicted molar refractivity (Wildman–Crippen MR) is 86.4 cm³/mol. The van der Waals surface area contributed by atoms with E-state index in [0.29, 0.717) is 22.8 Å². The lowest BCUT2D eigenvalue weighted by molar-refractivity contribution is 0.0696. The highest BCUT2D eigenvalue weighted by Gasteiger charge is 2.12. The average molecular weight is 349 g/mol. The molecule has 0 atom stereocenters. The Morgan fingerprint density at radius 3 is 2.48 bits per heavy atom. The summed E-state index contributed by atoms with van der Waals surface area (Å²) in [7, 11) is 0. The maximum absolute atomic E-state index is 11.0. The van der Waals surface area contributed by atoms with Crippen molar-refractivity contribution in [2.75, 3.05) is 0 Å². The predicted octanol–water partition coefficient (Wildman–Crippen LogP) is 5.37. The number of hydrogen-bond donors (Lipinski definition) is 1. The molecule has 110 valence electrons. The van der Waals surface area contributed by atoms with E-state index in [4.69, 9.17) is 9.84 Å². The van der Waals surface area contributed by atoms with Crippen LogP contribution >= 0.6 is 15.9 Å². The molecule has 0 radical (unpaired) electrons. The first-order valence-corrected chi connectivity index (χ1v) is 7.49. The molecule has 0 heterocycles. The van der Waals surface area contributed by atoms with Crippen molar-refractivity contribution >= 4 is 21.9 Å². The van der Waals surface area contributed by atoms with E-state index in [2.05, 4.69) is 29.8 Å². The van der Waals surface area contributed by atoms with Gasteiger partial charge in [0.15, 0.2) is 0 Å². The Labute approximate surface area is 132 Å². The minimum absolute atomic E-state index is 0.294. The molecule has 2 aromatic carbocycles. The SMILES string of the molecule is Cc1cc(Oc2ccc(Br)cc2C(C)C)ccc1C(=O)O. The zero-order chi connectivity index (χ0) is 15.6. The molecule has 0 aromatic heterocycles. The molecule has 4 heteroatoms. The van der Waals surface area contributed by atoms with Gasteiger partial charge in [-0.3, -0.25) is 0 Å². The smallest absolute Gasteiger partial charge is 0.335 e. The molecule has 0 bridgehead atoms. The third-order valence-electron chi connectivity index (χ3n) is 3.25. The molecular formula is C17H17BrO3. The summed E-state index contributed by atoms with van der Waals surface area (Å²) < 4.78 is 6.94. The van der Waals surface area contributed by atoms with Crippen LogP contribution in [0.1, 0.15) is 41.3 Å². The summed E-state index contributed by atoms with van der Waals surface area (Å²) in [6.07, 6.45) is 0. The van der Waals surface area contributed by atoms with Crippen molar-refractivity contribution in [2.45, 2.75) is 26.7 Å². The van der Waals surface area contributed by atoms with Crippen molar-refractivity contribution in [3.63, 3.8) is 0 Å². The first-order chi connectivity index (χ1) is 9.88. The van der Waals surface area contributed by atoms with Gasteiger partial charge in [-0.05, 0) is 60.4 Å². The molecule has 0 aliphatic heterocycles. The van der Waals surface area contributed by atoms with E-state index in [1.54, 1.807) is 25.1 Å². The molecule has 3 nitrogen and oxygen atoms in total. The molecule has 0 saturated carbocycles. The third-order valence-corrected chi connectivity index (χ3v) is 3.74. The van der Waals surface area contributed by atoms with Crippen molar-refractivity contribution in [1.29, 1.82) is 0 Å². The van der Waals surface area contributed by atoms with Crippen LogP contribution in [0.25, 0.3) is 0 Å². The van der Waals surface area contributed by atoms with Crippen LogP contribution in [0.15, 0.2) is 40.9 Å². The Balaban J connectivity index is 2.34. The zero-order valence-electron chi connectivity index (χ0n) is 12.2. The summed E-state index contributed by atoms with van der Waals surface area (Å²) >= 11 is 3.47. The number of ether oxygens (including phenoxy) is 1. The lowest BCUT2D eigenvalue weighted by Crippen LogP contribution is -2.00. The molecule has 0 fully saturated rings. The minimum atomic E-state index is -0.925. The highest BCUT2D eigenvalue weighted by atomic mass is 79.9. The van der Waals surface area contributed by atoms with Crippen LogP contribution in [-0.2, 0) is 0 Å². The number of carboxylic acids is 1. The second-order valence-corrected chi connectivity index (χ2v) is 6.14. The standard InChI is InChI=1S/C17H17BrO3/c1-10(2)15-9-12(18)4-7-16(15)21-13-5-6-14(17(19)20)11(3)8-13/h4-10H,1-3H3,(H,19,20). The molecule has 0 spiro atoms. The Bertz CT molecular complexity index is 678. The summed E-state index contributed by atoms with van der Waals surface area (Å²) in [5, 5.41) is 9.05. The number of benzene rings is 2. The van der Waals surface area contributed by atoms with Crippen LogP contribution < -0.4 is 4.74 Å². The van der Waals surface area contributed by atoms with E-state index in [-0.39, 0.29) is 0 Å². The number of rotatable bonds is 4. The van der Waals surface area contributed by atoms with E-state index in [1.807, 2.05) is 18.2 Å². The highest BCUT2D eigenvalue weighted by Crippen LogP contribution is 2.33. The fraction of sp³-hybridized carbons (Fsp3) is 0.235. The summed E-state index contributed by atoms with van der Waals surface area (Å²) in [5.41, 5.74) is 2.08. The van der Waals surface area contributed by atoms with Crippen LogP contribution in [0.5, 0.6) is 11.5 Å². The van der Waals surface area contributed by atoms with E-state index >= 15 is 0 Å². The fourth-order valence-corrected chi connectivity index (χ4v) is 2.51.